The van der Waals surface area contributed by atoms with Gasteiger partial charge in [-0.25, -0.2) is 4.98 Å². The molecule has 5 rings (SSSR count). The maximum Gasteiger partial charge on any atom is 0.223 e. The monoisotopic (exact) mass is 468 g/mol. The summed E-state index contributed by atoms with van der Waals surface area (Å²) in [6.07, 6.45) is 7.31. The van der Waals surface area contributed by atoms with Gasteiger partial charge in [-0.2, -0.15) is 0 Å². The Morgan fingerprint density at radius 1 is 1.33 bits per heavy atom. The molecule has 1 amide bonds. The van der Waals surface area contributed by atoms with E-state index in [9.17, 15) is 9.90 Å². The van der Waals surface area contributed by atoms with Gasteiger partial charge in [0.25, 0.3) is 0 Å². The zero-order valence-corrected chi connectivity index (χ0v) is 20.7. The quantitative estimate of drug-likeness (QED) is 0.568. The van der Waals surface area contributed by atoms with Crippen LogP contribution in [0, 0.1) is 23.2 Å². The molecule has 2 aromatic rings. The summed E-state index contributed by atoms with van der Waals surface area (Å²) in [5.74, 6) is 0.280. The predicted molar refractivity (Wildman–Crippen MR) is 131 cm³/mol. The molecule has 178 valence electrons. The van der Waals surface area contributed by atoms with E-state index in [1.165, 1.54) is 4.88 Å². The highest BCUT2D eigenvalue weighted by atomic mass is 32.1. The number of aliphatic hydroxyl groups is 1. The molecule has 0 unspecified atom stereocenters. The molecule has 7 heteroatoms. The van der Waals surface area contributed by atoms with Gasteiger partial charge in [0.05, 0.1) is 11.8 Å². The highest BCUT2D eigenvalue weighted by Gasteiger charge is 2.54. The van der Waals surface area contributed by atoms with Crippen molar-refractivity contribution in [2.45, 2.75) is 77.4 Å². The van der Waals surface area contributed by atoms with Crippen LogP contribution in [0.15, 0.2) is 24.4 Å². The number of nitrogens with one attached hydrogen (secondary N) is 2. The number of anilines is 1. The minimum atomic E-state index is -0.478. The van der Waals surface area contributed by atoms with E-state index in [1.54, 1.807) is 11.3 Å². The van der Waals surface area contributed by atoms with Crippen molar-refractivity contribution >= 4 is 22.4 Å². The molecule has 2 fully saturated rings. The molecule has 3 aliphatic rings. The topological polar surface area (TPSA) is 87.1 Å². The molecule has 0 radical (unpaired) electrons. The number of fused-ring (bicyclic) bond motifs is 2. The second-order valence-electron chi connectivity index (χ2n) is 10.7. The normalized spacial score (nSPS) is 31.9. The highest BCUT2D eigenvalue weighted by molar-refractivity contribution is 7.15. The number of carbonyl (C=O) groups excluding carboxylic acids is 1. The van der Waals surface area contributed by atoms with Crippen molar-refractivity contribution in [3.63, 3.8) is 0 Å². The number of nitrogens with zero attached hydrogens (tertiary/aromatic N) is 2. The van der Waals surface area contributed by atoms with E-state index in [0.29, 0.717) is 6.04 Å². The van der Waals surface area contributed by atoms with E-state index in [2.05, 4.69) is 29.5 Å². The minimum Gasteiger partial charge on any atom is -0.392 e. The van der Waals surface area contributed by atoms with Gasteiger partial charge in [-0.3, -0.25) is 9.78 Å². The van der Waals surface area contributed by atoms with E-state index < -0.39 is 6.10 Å². The molecule has 0 spiro atoms. The second-order valence-corrected chi connectivity index (χ2v) is 11.8. The molecule has 3 aliphatic carbocycles. The van der Waals surface area contributed by atoms with Crippen LogP contribution in [0.3, 0.4) is 0 Å². The third-order valence-corrected chi connectivity index (χ3v) is 9.31. The van der Waals surface area contributed by atoms with Crippen LogP contribution < -0.4 is 10.6 Å². The van der Waals surface area contributed by atoms with Crippen LogP contribution in [-0.2, 0) is 17.6 Å². The van der Waals surface area contributed by atoms with Gasteiger partial charge in [-0.05, 0) is 61.5 Å². The largest absolute Gasteiger partial charge is 0.392 e. The third kappa shape index (κ3) is 4.54. The first-order chi connectivity index (χ1) is 15.9. The smallest absolute Gasteiger partial charge is 0.223 e. The van der Waals surface area contributed by atoms with Gasteiger partial charge in [0.15, 0.2) is 5.13 Å². The van der Waals surface area contributed by atoms with Gasteiger partial charge in [0.2, 0.25) is 5.91 Å². The fourth-order valence-electron chi connectivity index (χ4n) is 6.22. The van der Waals surface area contributed by atoms with Crippen LogP contribution in [0.5, 0.6) is 0 Å². The molecule has 6 nitrogen and oxygen atoms in total. The Bertz CT molecular complexity index is 991. The van der Waals surface area contributed by atoms with Crippen molar-refractivity contribution in [2.75, 3.05) is 11.9 Å². The van der Waals surface area contributed by atoms with Gasteiger partial charge >= 0.3 is 0 Å². The summed E-state index contributed by atoms with van der Waals surface area (Å²) in [5, 5.41) is 19.1. The van der Waals surface area contributed by atoms with E-state index in [0.717, 1.165) is 61.6 Å². The Balaban J connectivity index is 1.28. The highest BCUT2D eigenvalue weighted by Crippen LogP contribution is 2.57. The number of amides is 1. The first-order valence-corrected chi connectivity index (χ1v) is 13.3. The minimum absolute atomic E-state index is 0.0143. The van der Waals surface area contributed by atoms with Crippen LogP contribution in [0.1, 0.15) is 68.6 Å². The Labute approximate surface area is 200 Å². The molecular formula is C26H36N4O2S. The molecule has 0 saturated heterocycles. The first-order valence-electron chi connectivity index (χ1n) is 12.5. The van der Waals surface area contributed by atoms with E-state index in [-0.39, 0.29) is 35.0 Å². The first kappa shape index (κ1) is 22.8. The number of aromatic nitrogens is 2. The van der Waals surface area contributed by atoms with Crippen LogP contribution in [0.25, 0.3) is 0 Å². The Kier molecular flexibility index (Phi) is 6.21. The molecule has 0 bridgehead atoms. The summed E-state index contributed by atoms with van der Waals surface area (Å²) in [6.45, 7) is 7.36. The molecule has 2 saturated carbocycles. The molecule has 33 heavy (non-hydrogen) atoms. The number of hydrogen-bond acceptors (Lipinski definition) is 6. The van der Waals surface area contributed by atoms with E-state index in [1.807, 2.05) is 31.3 Å². The Hall–Kier alpha value is -1.99. The number of pyridine rings is 1. The zero-order chi connectivity index (χ0) is 23.2. The van der Waals surface area contributed by atoms with E-state index in [4.69, 9.17) is 4.98 Å². The van der Waals surface area contributed by atoms with Gasteiger partial charge < -0.3 is 15.7 Å². The summed E-state index contributed by atoms with van der Waals surface area (Å²) in [5.41, 5.74) is 2.26. The number of rotatable bonds is 7. The summed E-state index contributed by atoms with van der Waals surface area (Å²) in [6, 6.07) is 6.36. The SMILES string of the molecule is C[C@H](C(=O)NC1CC1)[C@@H]1CC[C@]2(C)Cc3sc(NCCc4ccccn4)nc3[C@H](C)[C@@H]2[C@H]1O. The van der Waals surface area contributed by atoms with Crippen molar-refractivity contribution in [1.29, 1.82) is 0 Å². The van der Waals surface area contributed by atoms with Crippen LogP contribution >= 0.6 is 11.3 Å². The lowest BCUT2D eigenvalue weighted by molar-refractivity contribution is -0.134. The number of thiazole rings is 1. The maximum atomic E-state index is 12.7. The van der Waals surface area contributed by atoms with Crippen molar-refractivity contribution in [3.8, 4) is 0 Å². The van der Waals surface area contributed by atoms with Gasteiger partial charge in [-0.1, -0.05) is 26.8 Å². The fraction of sp³-hybridized carbons (Fsp3) is 0.654. The van der Waals surface area contributed by atoms with Crippen molar-refractivity contribution in [3.05, 3.63) is 40.7 Å². The number of hydrogen-bond donors (Lipinski definition) is 3. The molecule has 0 aromatic carbocycles. The van der Waals surface area contributed by atoms with Crippen LogP contribution in [-0.4, -0.2) is 39.7 Å². The van der Waals surface area contributed by atoms with Crippen molar-refractivity contribution < 1.29 is 9.90 Å². The molecule has 2 heterocycles. The second kappa shape index (κ2) is 8.99. The molecular weight excluding hydrogens is 432 g/mol. The summed E-state index contributed by atoms with van der Waals surface area (Å²) in [4.78, 5) is 23.4. The van der Waals surface area contributed by atoms with Gasteiger partial charge in [0.1, 0.15) is 0 Å². The fourth-order valence-corrected chi connectivity index (χ4v) is 7.51. The predicted octanol–water partition coefficient (Wildman–Crippen LogP) is 4.16. The lowest BCUT2D eigenvalue weighted by Crippen LogP contribution is -2.53. The average molecular weight is 469 g/mol. The Morgan fingerprint density at radius 3 is 2.88 bits per heavy atom. The standard InChI is InChI=1S/C26H36N4O2S/c1-15(24(32)29-18-7-8-18)19-9-11-26(3)14-20-22(16(2)21(26)23(19)31)30-25(33-20)28-13-10-17-6-4-5-12-27-17/h4-6,12,15-16,18-19,21,23,31H,7-11,13-14H2,1-3H3,(H,28,30)(H,29,32)/t15-,16+,19-,21+,23-,26+/m0/s1. The van der Waals surface area contributed by atoms with Crippen LogP contribution in [0.4, 0.5) is 5.13 Å². The summed E-state index contributed by atoms with van der Waals surface area (Å²) < 4.78 is 0. The molecule has 0 aliphatic heterocycles. The summed E-state index contributed by atoms with van der Waals surface area (Å²) in [7, 11) is 0. The maximum absolute atomic E-state index is 12.7. The van der Waals surface area contributed by atoms with Crippen LogP contribution in [0.2, 0.25) is 0 Å². The molecule has 2 aromatic heterocycles. The lowest BCUT2D eigenvalue weighted by atomic mass is 9.53. The molecule has 6 atom stereocenters. The number of carbonyl (C=O) groups is 1. The van der Waals surface area contributed by atoms with Crippen molar-refractivity contribution in [1.82, 2.24) is 15.3 Å². The molecule has 3 N–H and O–H groups in total. The Morgan fingerprint density at radius 2 is 2.15 bits per heavy atom. The van der Waals surface area contributed by atoms with Gasteiger partial charge in [0, 0.05) is 47.6 Å². The van der Waals surface area contributed by atoms with Gasteiger partial charge in [-0.15, -0.1) is 11.3 Å². The summed E-state index contributed by atoms with van der Waals surface area (Å²) >= 11 is 1.77. The van der Waals surface area contributed by atoms with E-state index >= 15 is 0 Å². The lowest BCUT2D eigenvalue weighted by Gasteiger charge is -2.53. The van der Waals surface area contributed by atoms with Crippen molar-refractivity contribution in [2.24, 2.45) is 23.2 Å². The average Bonchev–Trinajstić information content (AvgIpc) is 3.51. The zero-order valence-electron chi connectivity index (χ0n) is 19.9. The number of aliphatic hydroxyl groups excluding tert-OH is 1. The third-order valence-electron chi connectivity index (χ3n) is 8.29.